The highest BCUT2D eigenvalue weighted by molar-refractivity contribution is 7.99. The van der Waals surface area contributed by atoms with Gasteiger partial charge < -0.3 is 10.4 Å². The molecule has 0 bridgehead atoms. The zero-order valence-corrected chi connectivity index (χ0v) is 13.5. The summed E-state index contributed by atoms with van der Waals surface area (Å²) in [4.78, 5) is 12.2. The van der Waals surface area contributed by atoms with Gasteiger partial charge in [0.1, 0.15) is 0 Å². The Labute approximate surface area is 134 Å². The predicted molar refractivity (Wildman–Crippen MR) is 86.9 cm³/mol. The van der Waals surface area contributed by atoms with E-state index in [1.807, 2.05) is 24.3 Å². The molecule has 2 aliphatic rings. The fourth-order valence-corrected chi connectivity index (χ4v) is 4.49. The average molecular weight is 326 g/mol. The Morgan fingerprint density at radius 2 is 2.00 bits per heavy atom. The molecule has 2 fully saturated rings. The van der Waals surface area contributed by atoms with Gasteiger partial charge in [0.05, 0.1) is 0 Å². The number of halogens is 1. The summed E-state index contributed by atoms with van der Waals surface area (Å²) in [6.07, 6.45) is 3.88. The number of thioether (sulfide) groups is 1. The zero-order chi connectivity index (χ0) is 14.9. The molecule has 1 aromatic carbocycles. The number of carbonyl (C=O) groups excluding carboxylic acids is 1. The lowest BCUT2D eigenvalue weighted by atomic mass is 9.64. The average Bonchev–Trinajstić information content (AvgIpc) is 2.87. The third-order valence-corrected chi connectivity index (χ3v) is 6.20. The van der Waals surface area contributed by atoms with Crippen LogP contribution in [0.1, 0.15) is 31.2 Å². The van der Waals surface area contributed by atoms with E-state index in [0.29, 0.717) is 18.7 Å². The molecule has 21 heavy (non-hydrogen) atoms. The molecule has 3 rings (SSSR count). The number of hydrogen-bond acceptors (Lipinski definition) is 3. The molecule has 0 aromatic heterocycles. The first-order chi connectivity index (χ1) is 10.0. The lowest BCUT2D eigenvalue weighted by Crippen LogP contribution is -2.52. The van der Waals surface area contributed by atoms with Gasteiger partial charge in [-0.25, -0.2) is 0 Å². The largest absolute Gasteiger partial charge is 0.379 e. The van der Waals surface area contributed by atoms with Crippen molar-refractivity contribution in [3.8, 4) is 0 Å². The summed E-state index contributed by atoms with van der Waals surface area (Å²) in [5.74, 6) is 1.15. The summed E-state index contributed by atoms with van der Waals surface area (Å²) in [6.45, 7) is 0.598. The van der Waals surface area contributed by atoms with Gasteiger partial charge in [-0.15, -0.1) is 0 Å². The number of hydrogen-bond donors (Lipinski definition) is 2. The van der Waals surface area contributed by atoms with Crippen molar-refractivity contribution < 1.29 is 9.90 Å². The quantitative estimate of drug-likeness (QED) is 0.895. The van der Waals surface area contributed by atoms with E-state index in [1.165, 1.54) is 12.0 Å². The Morgan fingerprint density at radius 1 is 1.29 bits per heavy atom. The molecule has 1 saturated heterocycles. The molecule has 1 unspecified atom stereocenters. The molecule has 0 spiro atoms. The monoisotopic (exact) mass is 325 g/mol. The second-order valence-electron chi connectivity index (χ2n) is 6.16. The van der Waals surface area contributed by atoms with Crippen LogP contribution in [0.15, 0.2) is 24.3 Å². The second-order valence-corrected chi connectivity index (χ2v) is 7.70. The van der Waals surface area contributed by atoms with E-state index in [0.717, 1.165) is 23.6 Å². The lowest BCUT2D eigenvalue weighted by Gasteiger charge is -2.43. The fourth-order valence-electron chi connectivity index (χ4n) is 3.12. The molecular formula is C16H20ClNO2S. The van der Waals surface area contributed by atoms with Crippen molar-refractivity contribution in [3.63, 3.8) is 0 Å². The molecule has 1 saturated carbocycles. The van der Waals surface area contributed by atoms with Gasteiger partial charge in [-0.05, 0) is 42.7 Å². The van der Waals surface area contributed by atoms with Crippen LogP contribution in [0.2, 0.25) is 5.02 Å². The third-order valence-electron chi connectivity index (χ3n) is 4.78. The second kappa shape index (κ2) is 5.82. The van der Waals surface area contributed by atoms with Crippen molar-refractivity contribution in [2.24, 2.45) is 0 Å². The van der Waals surface area contributed by atoms with E-state index >= 15 is 0 Å². The maximum absolute atomic E-state index is 12.2. The zero-order valence-electron chi connectivity index (χ0n) is 11.9. The van der Waals surface area contributed by atoms with Crippen LogP contribution in [0.5, 0.6) is 0 Å². The van der Waals surface area contributed by atoms with Crippen molar-refractivity contribution in [2.45, 2.75) is 36.7 Å². The van der Waals surface area contributed by atoms with Crippen LogP contribution in [0.25, 0.3) is 0 Å². The molecular weight excluding hydrogens is 306 g/mol. The van der Waals surface area contributed by atoms with Gasteiger partial charge in [0, 0.05) is 22.7 Å². The van der Waals surface area contributed by atoms with Crippen molar-refractivity contribution in [3.05, 3.63) is 34.9 Å². The Kier molecular flexibility index (Phi) is 4.21. The van der Waals surface area contributed by atoms with Crippen molar-refractivity contribution in [1.82, 2.24) is 5.32 Å². The van der Waals surface area contributed by atoms with Gasteiger partial charge in [0.25, 0.3) is 5.91 Å². The molecule has 1 aliphatic carbocycles. The summed E-state index contributed by atoms with van der Waals surface area (Å²) in [7, 11) is 0. The molecule has 0 radical (unpaired) electrons. The highest BCUT2D eigenvalue weighted by atomic mass is 35.5. The van der Waals surface area contributed by atoms with Gasteiger partial charge >= 0.3 is 0 Å². The van der Waals surface area contributed by atoms with E-state index in [2.05, 4.69) is 5.32 Å². The molecule has 1 aromatic rings. The first-order valence-corrected chi connectivity index (χ1v) is 8.92. The number of amides is 1. The van der Waals surface area contributed by atoms with Crippen LogP contribution in [-0.4, -0.2) is 34.7 Å². The van der Waals surface area contributed by atoms with Crippen LogP contribution < -0.4 is 5.32 Å². The maximum Gasteiger partial charge on any atom is 0.252 e. The van der Waals surface area contributed by atoms with Gasteiger partial charge in [-0.1, -0.05) is 30.2 Å². The van der Waals surface area contributed by atoms with E-state index < -0.39 is 5.60 Å². The van der Waals surface area contributed by atoms with Crippen molar-refractivity contribution >= 4 is 29.3 Å². The number of benzene rings is 1. The summed E-state index contributed by atoms with van der Waals surface area (Å²) in [5.41, 5.74) is 0.0732. The topological polar surface area (TPSA) is 49.3 Å². The SMILES string of the molecule is O=C(NCC1(c2ccc(Cl)cc2)CCC1)C1(O)CCSC1. The van der Waals surface area contributed by atoms with Crippen LogP contribution in [0.3, 0.4) is 0 Å². The summed E-state index contributed by atoms with van der Waals surface area (Å²) in [6, 6.07) is 7.90. The third kappa shape index (κ3) is 2.94. The molecule has 1 aliphatic heterocycles. The van der Waals surface area contributed by atoms with Crippen molar-refractivity contribution in [1.29, 1.82) is 0 Å². The van der Waals surface area contributed by atoms with Gasteiger partial charge in [0.15, 0.2) is 5.60 Å². The molecule has 3 nitrogen and oxygen atoms in total. The fraction of sp³-hybridized carbons (Fsp3) is 0.562. The van der Waals surface area contributed by atoms with Gasteiger partial charge in [-0.3, -0.25) is 4.79 Å². The van der Waals surface area contributed by atoms with Gasteiger partial charge in [0.2, 0.25) is 0 Å². The summed E-state index contributed by atoms with van der Waals surface area (Å²) in [5, 5.41) is 14.0. The Bertz CT molecular complexity index is 522. The standard InChI is InChI=1S/C16H20ClNO2S/c17-13-4-2-12(3-5-13)15(6-1-7-15)10-18-14(19)16(20)8-9-21-11-16/h2-5,20H,1,6-11H2,(H,18,19). The summed E-state index contributed by atoms with van der Waals surface area (Å²) >= 11 is 7.58. The highest BCUT2D eigenvalue weighted by Gasteiger charge is 2.43. The molecule has 2 N–H and O–H groups in total. The smallest absolute Gasteiger partial charge is 0.252 e. The minimum absolute atomic E-state index is 0.0162. The van der Waals surface area contributed by atoms with E-state index in [1.54, 1.807) is 11.8 Å². The minimum atomic E-state index is -1.17. The van der Waals surface area contributed by atoms with Crippen LogP contribution >= 0.6 is 23.4 Å². The number of rotatable bonds is 4. The van der Waals surface area contributed by atoms with Crippen LogP contribution in [-0.2, 0) is 10.2 Å². The van der Waals surface area contributed by atoms with Crippen molar-refractivity contribution in [2.75, 3.05) is 18.1 Å². The number of carbonyl (C=O) groups is 1. The number of nitrogens with one attached hydrogen (secondary N) is 1. The van der Waals surface area contributed by atoms with E-state index in [9.17, 15) is 9.90 Å². The molecule has 1 heterocycles. The van der Waals surface area contributed by atoms with E-state index in [4.69, 9.17) is 11.6 Å². The van der Waals surface area contributed by atoms with Crippen LogP contribution in [0.4, 0.5) is 0 Å². The molecule has 5 heteroatoms. The molecule has 1 atom stereocenters. The Balaban J connectivity index is 1.67. The minimum Gasteiger partial charge on any atom is -0.379 e. The maximum atomic E-state index is 12.2. The first-order valence-electron chi connectivity index (χ1n) is 7.39. The number of aliphatic hydroxyl groups is 1. The normalized spacial score (nSPS) is 27.1. The highest BCUT2D eigenvalue weighted by Crippen LogP contribution is 2.43. The molecule has 1 amide bonds. The Morgan fingerprint density at radius 3 is 2.52 bits per heavy atom. The lowest BCUT2D eigenvalue weighted by molar-refractivity contribution is -0.137. The predicted octanol–water partition coefficient (Wildman–Crippen LogP) is 2.75. The first kappa shape index (κ1) is 15.2. The molecule has 114 valence electrons. The Hall–Kier alpha value is -0.710. The summed E-state index contributed by atoms with van der Waals surface area (Å²) < 4.78 is 0. The van der Waals surface area contributed by atoms with Gasteiger partial charge in [-0.2, -0.15) is 11.8 Å². The van der Waals surface area contributed by atoms with E-state index in [-0.39, 0.29) is 11.3 Å². The van der Waals surface area contributed by atoms with Crippen LogP contribution in [0, 0.1) is 0 Å².